The van der Waals surface area contributed by atoms with E-state index in [1.807, 2.05) is 18.5 Å². The number of rotatable bonds is 2. The van der Waals surface area contributed by atoms with Gasteiger partial charge in [-0.3, -0.25) is 4.98 Å². The van der Waals surface area contributed by atoms with Crippen molar-refractivity contribution in [1.29, 1.82) is 0 Å². The van der Waals surface area contributed by atoms with Gasteiger partial charge >= 0.3 is 7.12 Å². The molecule has 2 heterocycles. The van der Waals surface area contributed by atoms with Gasteiger partial charge in [0.1, 0.15) is 0 Å². The van der Waals surface area contributed by atoms with Crippen LogP contribution in [0.4, 0.5) is 0 Å². The third-order valence-corrected chi connectivity index (χ3v) is 4.57. The third kappa shape index (κ3) is 1.88. The molecule has 1 aliphatic heterocycles. The minimum Gasteiger partial charge on any atom is -0.403 e. The Morgan fingerprint density at radius 1 is 1.22 bits per heavy atom. The van der Waals surface area contributed by atoms with Gasteiger partial charge in [0.25, 0.3) is 0 Å². The molecule has 1 aromatic heterocycles. The molecule has 0 N–H and O–H groups in total. The second-order valence-corrected chi connectivity index (χ2v) is 6.42. The van der Waals surface area contributed by atoms with Gasteiger partial charge in [-0.15, -0.1) is 0 Å². The van der Waals surface area contributed by atoms with Gasteiger partial charge in [0.2, 0.25) is 0 Å². The zero-order chi connectivity index (χ0) is 13.0. The average Bonchev–Trinajstić information content (AvgIpc) is 3.04. The summed E-state index contributed by atoms with van der Waals surface area (Å²) in [6.07, 6.45) is 4.91. The van der Waals surface area contributed by atoms with Gasteiger partial charge < -0.3 is 9.31 Å². The summed E-state index contributed by atoms with van der Waals surface area (Å²) in [5.74, 6) is 1.03. The maximum absolute atomic E-state index is 6.10. The fourth-order valence-corrected chi connectivity index (χ4v) is 2.56. The summed E-state index contributed by atoms with van der Waals surface area (Å²) in [5, 5.41) is 0. The zero-order valence-corrected chi connectivity index (χ0v) is 11.5. The lowest BCUT2D eigenvalue weighted by Crippen LogP contribution is -2.41. The Balaban J connectivity index is 1.70. The van der Waals surface area contributed by atoms with Crippen LogP contribution in [0.3, 0.4) is 0 Å². The number of pyridine rings is 1. The molecule has 2 atom stereocenters. The summed E-state index contributed by atoms with van der Waals surface area (Å²) in [5.41, 5.74) is 0.858. The van der Waals surface area contributed by atoms with E-state index in [-0.39, 0.29) is 18.3 Å². The predicted molar refractivity (Wildman–Crippen MR) is 71.4 cm³/mol. The Labute approximate surface area is 109 Å². The molecule has 3 nitrogen and oxygen atoms in total. The molecule has 0 aromatic carbocycles. The lowest BCUT2D eigenvalue weighted by molar-refractivity contribution is 0.00578. The fraction of sp³-hybridized carbons (Fsp3) is 0.643. The third-order valence-electron chi connectivity index (χ3n) is 4.57. The van der Waals surface area contributed by atoms with E-state index < -0.39 is 0 Å². The van der Waals surface area contributed by atoms with E-state index in [0.717, 1.165) is 6.42 Å². The SMILES string of the molecule is CC1(C)OB(C2CC2c2cccnc2)OC1(C)C. The lowest BCUT2D eigenvalue weighted by atomic mass is 9.80. The summed E-state index contributed by atoms with van der Waals surface area (Å²) in [6.45, 7) is 8.42. The summed E-state index contributed by atoms with van der Waals surface area (Å²) < 4.78 is 12.2. The molecule has 0 bridgehead atoms. The van der Waals surface area contributed by atoms with Gasteiger partial charge in [0.05, 0.1) is 11.2 Å². The highest BCUT2D eigenvalue weighted by atomic mass is 16.7. The molecule has 96 valence electrons. The van der Waals surface area contributed by atoms with Crippen LogP contribution in [0.1, 0.15) is 45.6 Å². The summed E-state index contributed by atoms with van der Waals surface area (Å²) >= 11 is 0. The molecule has 0 spiro atoms. The van der Waals surface area contributed by atoms with Gasteiger partial charge in [0.15, 0.2) is 0 Å². The quantitative estimate of drug-likeness (QED) is 0.750. The maximum Gasteiger partial charge on any atom is 0.461 e. The Morgan fingerprint density at radius 3 is 2.44 bits per heavy atom. The summed E-state index contributed by atoms with van der Waals surface area (Å²) in [6, 6.07) is 4.14. The first kappa shape index (κ1) is 12.2. The topological polar surface area (TPSA) is 31.4 Å². The number of nitrogens with zero attached hydrogens (tertiary/aromatic N) is 1. The first-order chi connectivity index (χ1) is 8.41. The van der Waals surface area contributed by atoms with Crippen LogP contribution in [0.5, 0.6) is 0 Å². The first-order valence-corrected chi connectivity index (χ1v) is 6.66. The molecular weight excluding hydrogens is 225 g/mol. The van der Waals surface area contributed by atoms with E-state index in [1.54, 1.807) is 0 Å². The van der Waals surface area contributed by atoms with Crippen molar-refractivity contribution in [1.82, 2.24) is 4.98 Å². The molecule has 4 heteroatoms. The van der Waals surface area contributed by atoms with Crippen molar-refractivity contribution >= 4 is 7.12 Å². The van der Waals surface area contributed by atoms with Crippen LogP contribution < -0.4 is 0 Å². The Kier molecular flexibility index (Phi) is 2.58. The molecule has 0 amide bonds. The second kappa shape index (κ2) is 3.81. The van der Waals surface area contributed by atoms with Crippen molar-refractivity contribution in [3.63, 3.8) is 0 Å². The maximum atomic E-state index is 6.10. The molecule has 1 aliphatic carbocycles. The minimum atomic E-state index is -0.222. The second-order valence-electron chi connectivity index (χ2n) is 6.42. The van der Waals surface area contributed by atoms with E-state index in [2.05, 4.69) is 38.7 Å². The van der Waals surface area contributed by atoms with Gasteiger partial charge in [-0.25, -0.2) is 0 Å². The molecule has 0 radical (unpaired) electrons. The van der Waals surface area contributed by atoms with Gasteiger partial charge in [-0.1, -0.05) is 6.07 Å². The van der Waals surface area contributed by atoms with Gasteiger partial charge in [-0.05, 0) is 51.7 Å². The molecule has 1 saturated carbocycles. The van der Waals surface area contributed by atoms with Crippen molar-refractivity contribution in [3.05, 3.63) is 30.1 Å². The largest absolute Gasteiger partial charge is 0.461 e. The van der Waals surface area contributed by atoms with Crippen molar-refractivity contribution in [2.45, 2.75) is 57.1 Å². The Morgan fingerprint density at radius 2 is 1.89 bits per heavy atom. The molecular formula is C14H20BNO2. The van der Waals surface area contributed by atoms with Crippen LogP contribution in [-0.2, 0) is 9.31 Å². The molecule has 18 heavy (non-hydrogen) atoms. The smallest absolute Gasteiger partial charge is 0.403 e. The van der Waals surface area contributed by atoms with E-state index in [0.29, 0.717) is 11.7 Å². The normalized spacial score (nSPS) is 32.6. The van der Waals surface area contributed by atoms with Crippen molar-refractivity contribution < 1.29 is 9.31 Å². The number of aromatic nitrogens is 1. The first-order valence-electron chi connectivity index (χ1n) is 6.66. The van der Waals surface area contributed by atoms with Crippen LogP contribution in [0.25, 0.3) is 0 Å². The standard InChI is InChI=1S/C14H20BNO2/c1-13(2)14(3,4)18-15(17-13)12-8-11(12)10-6-5-7-16-9-10/h5-7,9,11-12H,8H2,1-4H3. The number of hydrogen-bond donors (Lipinski definition) is 0. The molecule has 3 rings (SSSR count). The van der Waals surface area contributed by atoms with Crippen LogP contribution in [0.15, 0.2) is 24.5 Å². The Hall–Kier alpha value is -0.865. The van der Waals surface area contributed by atoms with E-state index in [1.165, 1.54) is 5.56 Å². The van der Waals surface area contributed by atoms with E-state index in [9.17, 15) is 0 Å². The van der Waals surface area contributed by atoms with Crippen LogP contribution in [0, 0.1) is 0 Å². The van der Waals surface area contributed by atoms with Crippen LogP contribution in [-0.4, -0.2) is 23.3 Å². The molecule has 2 unspecified atom stereocenters. The highest BCUT2D eigenvalue weighted by Crippen LogP contribution is 2.58. The lowest BCUT2D eigenvalue weighted by Gasteiger charge is -2.32. The zero-order valence-electron chi connectivity index (χ0n) is 11.5. The summed E-state index contributed by atoms with van der Waals surface area (Å²) in [7, 11) is -0.0693. The van der Waals surface area contributed by atoms with Crippen LogP contribution in [0.2, 0.25) is 5.82 Å². The number of hydrogen-bond acceptors (Lipinski definition) is 3. The molecule has 2 fully saturated rings. The highest BCUT2D eigenvalue weighted by molar-refractivity contribution is 6.49. The van der Waals surface area contributed by atoms with E-state index in [4.69, 9.17) is 9.31 Å². The summed E-state index contributed by atoms with van der Waals surface area (Å²) in [4.78, 5) is 4.18. The van der Waals surface area contributed by atoms with E-state index >= 15 is 0 Å². The van der Waals surface area contributed by atoms with Crippen molar-refractivity contribution in [2.24, 2.45) is 0 Å². The highest BCUT2D eigenvalue weighted by Gasteiger charge is 2.59. The minimum absolute atomic E-state index is 0.0693. The fourth-order valence-electron chi connectivity index (χ4n) is 2.56. The molecule has 1 saturated heterocycles. The monoisotopic (exact) mass is 245 g/mol. The van der Waals surface area contributed by atoms with Crippen LogP contribution >= 0.6 is 0 Å². The molecule has 2 aliphatic rings. The van der Waals surface area contributed by atoms with Crippen molar-refractivity contribution in [2.75, 3.05) is 0 Å². The van der Waals surface area contributed by atoms with Crippen molar-refractivity contribution in [3.8, 4) is 0 Å². The van der Waals surface area contributed by atoms with Gasteiger partial charge in [0, 0.05) is 18.2 Å². The Bertz CT molecular complexity index is 430. The predicted octanol–water partition coefficient (Wildman–Crippen LogP) is 3.03. The van der Waals surface area contributed by atoms with Gasteiger partial charge in [-0.2, -0.15) is 0 Å². The average molecular weight is 245 g/mol. The molecule has 1 aromatic rings.